The molecule has 1 aromatic heterocycles. The molecule has 0 radical (unpaired) electrons. The summed E-state index contributed by atoms with van der Waals surface area (Å²) in [4.78, 5) is 16.4. The molecule has 8 nitrogen and oxygen atoms in total. The lowest BCUT2D eigenvalue weighted by Gasteiger charge is -2.12. The highest BCUT2D eigenvalue weighted by atomic mass is 32.2. The zero-order valence-corrected chi connectivity index (χ0v) is 16.4. The highest BCUT2D eigenvalue weighted by Crippen LogP contribution is 2.14. The second-order valence-corrected chi connectivity index (χ2v) is 8.56. The summed E-state index contributed by atoms with van der Waals surface area (Å²) in [5.74, 6) is -0.197. The molecule has 28 heavy (non-hydrogen) atoms. The molecule has 0 unspecified atom stereocenters. The van der Waals surface area contributed by atoms with Crippen molar-refractivity contribution in [1.29, 1.82) is 0 Å². The highest BCUT2D eigenvalue weighted by Gasteiger charge is 2.16. The highest BCUT2D eigenvalue weighted by molar-refractivity contribution is 7.89. The Bertz CT molecular complexity index is 1030. The van der Waals surface area contributed by atoms with Crippen LogP contribution in [0.3, 0.4) is 0 Å². The van der Waals surface area contributed by atoms with Crippen molar-refractivity contribution >= 4 is 15.9 Å². The van der Waals surface area contributed by atoms with Gasteiger partial charge < -0.3 is 5.32 Å². The monoisotopic (exact) mass is 399 g/mol. The summed E-state index contributed by atoms with van der Waals surface area (Å²) >= 11 is 0. The van der Waals surface area contributed by atoms with Crippen LogP contribution in [0.15, 0.2) is 66.1 Å². The quantitative estimate of drug-likeness (QED) is 0.649. The van der Waals surface area contributed by atoms with Crippen LogP contribution in [-0.2, 0) is 23.1 Å². The molecule has 3 rings (SSSR count). The van der Waals surface area contributed by atoms with E-state index >= 15 is 0 Å². The molecule has 3 aromatic rings. The van der Waals surface area contributed by atoms with E-state index in [1.807, 2.05) is 12.1 Å². The van der Waals surface area contributed by atoms with Crippen LogP contribution in [0.2, 0.25) is 0 Å². The summed E-state index contributed by atoms with van der Waals surface area (Å²) < 4.78 is 27.0. The summed E-state index contributed by atoms with van der Waals surface area (Å²) in [6.45, 7) is 0.895. The van der Waals surface area contributed by atoms with Crippen LogP contribution >= 0.6 is 0 Å². The molecule has 1 heterocycles. The average molecular weight is 399 g/mol. The molecule has 1 N–H and O–H groups in total. The van der Waals surface area contributed by atoms with Gasteiger partial charge in [0.15, 0.2) is 0 Å². The van der Waals surface area contributed by atoms with Crippen molar-refractivity contribution in [2.24, 2.45) is 0 Å². The molecule has 0 spiro atoms. The van der Waals surface area contributed by atoms with Crippen molar-refractivity contribution in [2.75, 3.05) is 14.1 Å². The summed E-state index contributed by atoms with van der Waals surface area (Å²) in [7, 11) is -0.481. The number of nitrogens with zero attached hydrogens (tertiary/aromatic N) is 4. The van der Waals surface area contributed by atoms with Gasteiger partial charge in [0, 0.05) is 26.2 Å². The van der Waals surface area contributed by atoms with Gasteiger partial charge in [0.2, 0.25) is 10.0 Å². The van der Waals surface area contributed by atoms with Gasteiger partial charge in [-0.2, -0.15) is 5.10 Å². The molecule has 146 valence electrons. The SMILES string of the molecule is CN(C)S(=O)(=O)c1ccc(CNC(=O)c2ccc(Cn3cncn3)cc2)cc1. The number of benzene rings is 2. The van der Waals surface area contributed by atoms with E-state index < -0.39 is 10.0 Å². The van der Waals surface area contributed by atoms with Gasteiger partial charge in [-0.15, -0.1) is 0 Å². The Labute approximate surface area is 163 Å². The Morgan fingerprint density at radius 2 is 1.68 bits per heavy atom. The number of amides is 1. The van der Waals surface area contributed by atoms with E-state index in [1.54, 1.807) is 35.3 Å². The minimum Gasteiger partial charge on any atom is -0.348 e. The van der Waals surface area contributed by atoms with Crippen molar-refractivity contribution in [1.82, 2.24) is 24.4 Å². The maximum absolute atomic E-state index is 12.3. The van der Waals surface area contributed by atoms with E-state index in [0.717, 1.165) is 15.4 Å². The van der Waals surface area contributed by atoms with Gasteiger partial charge in [-0.05, 0) is 35.4 Å². The van der Waals surface area contributed by atoms with E-state index in [1.165, 1.54) is 32.6 Å². The molecule has 0 aliphatic carbocycles. The normalized spacial score (nSPS) is 11.5. The van der Waals surface area contributed by atoms with Crippen molar-refractivity contribution in [3.05, 3.63) is 77.9 Å². The first kappa shape index (κ1) is 19.7. The molecule has 2 aromatic carbocycles. The van der Waals surface area contributed by atoms with Crippen molar-refractivity contribution < 1.29 is 13.2 Å². The fraction of sp³-hybridized carbons (Fsp3) is 0.211. The van der Waals surface area contributed by atoms with Crippen molar-refractivity contribution in [3.8, 4) is 0 Å². The lowest BCUT2D eigenvalue weighted by atomic mass is 10.1. The number of sulfonamides is 1. The summed E-state index contributed by atoms with van der Waals surface area (Å²) in [6.07, 6.45) is 3.11. The number of aromatic nitrogens is 3. The third kappa shape index (κ3) is 4.62. The minimum absolute atomic E-state index is 0.197. The topological polar surface area (TPSA) is 97.2 Å². The van der Waals surface area contributed by atoms with Gasteiger partial charge in [0.25, 0.3) is 5.91 Å². The first-order valence-electron chi connectivity index (χ1n) is 8.57. The lowest BCUT2D eigenvalue weighted by molar-refractivity contribution is 0.0951. The third-order valence-corrected chi connectivity index (χ3v) is 6.01. The number of hydrogen-bond donors (Lipinski definition) is 1. The summed E-state index contributed by atoms with van der Waals surface area (Å²) in [5.41, 5.74) is 2.38. The molecular weight excluding hydrogens is 378 g/mol. The fourth-order valence-electron chi connectivity index (χ4n) is 2.54. The van der Waals surface area contributed by atoms with E-state index in [-0.39, 0.29) is 10.8 Å². The van der Waals surface area contributed by atoms with Crippen LogP contribution < -0.4 is 5.32 Å². The molecule has 0 saturated carbocycles. The molecule has 0 aliphatic heterocycles. The second kappa shape index (κ2) is 8.32. The van der Waals surface area contributed by atoms with E-state index in [9.17, 15) is 13.2 Å². The average Bonchev–Trinajstić information content (AvgIpc) is 3.20. The minimum atomic E-state index is -3.46. The third-order valence-electron chi connectivity index (χ3n) is 4.18. The van der Waals surface area contributed by atoms with Crippen LogP contribution in [0.4, 0.5) is 0 Å². The molecule has 0 saturated heterocycles. The molecular formula is C19H21N5O3S. The fourth-order valence-corrected chi connectivity index (χ4v) is 3.44. The Kier molecular flexibility index (Phi) is 5.86. The molecule has 9 heteroatoms. The van der Waals surface area contributed by atoms with Gasteiger partial charge >= 0.3 is 0 Å². The molecule has 0 bridgehead atoms. The molecule has 0 fully saturated rings. The number of nitrogens with one attached hydrogen (secondary N) is 1. The largest absolute Gasteiger partial charge is 0.348 e. The predicted molar refractivity (Wildman–Crippen MR) is 104 cm³/mol. The van der Waals surface area contributed by atoms with E-state index in [0.29, 0.717) is 18.7 Å². The van der Waals surface area contributed by atoms with Crippen molar-refractivity contribution in [2.45, 2.75) is 18.0 Å². The van der Waals surface area contributed by atoms with Gasteiger partial charge in [0.1, 0.15) is 12.7 Å². The first-order chi connectivity index (χ1) is 13.4. The smallest absolute Gasteiger partial charge is 0.251 e. The Morgan fingerprint density at radius 1 is 1.04 bits per heavy atom. The molecule has 0 aliphatic rings. The Morgan fingerprint density at radius 3 is 2.25 bits per heavy atom. The van der Waals surface area contributed by atoms with Gasteiger partial charge in [-0.25, -0.2) is 22.4 Å². The van der Waals surface area contributed by atoms with Crippen LogP contribution in [-0.4, -0.2) is 47.5 Å². The van der Waals surface area contributed by atoms with Crippen LogP contribution in [0.25, 0.3) is 0 Å². The van der Waals surface area contributed by atoms with Crippen LogP contribution in [0.1, 0.15) is 21.5 Å². The number of carbonyl (C=O) groups is 1. The lowest BCUT2D eigenvalue weighted by Crippen LogP contribution is -2.23. The number of rotatable bonds is 7. The summed E-state index contributed by atoms with van der Waals surface area (Å²) in [6, 6.07) is 13.7. The number of carbonyl (C=O) groups excluding carboxylic acids is 1. The zero-order chi connectivity index (χ0) is 20.1. The van der Waals surface area contributed by atoms with Crippen LogP contribution in [0.5, 0.6) is 0 Å². The van der Waals surface area contributed by atoms with Crippen molar-refractivity contribution in [3.63, 3.8) is 0 Å². The number of hydrogen-bond acceptors (Lipinski definition) is 5. The molecule has 1 amide bonds. The van der Waals surface area contributed by atoms with Crippen LogP contribution in [0, 0.1) is 0 Å². The van der Waals surface area contributed by atoms with E-state index in [2.05, 4.69) is 15.4 Å². The van der Waals surface area contributed by atoms with Gasteiger partial charge in [-0.1, -0.05) is 24.3 Å². The first-order valence-corrected chi connectivity index (χ1v) is 10.0. The van der Waals surface area contributed by atoms with Gasteiger partial charge in [-0.3, -0.25) is 4.79 Å². The standard InChI is InChI=1S/C19H21N5O3S/c1-23(2)28(26,27)18-9-5-15(6-10-18)11-21-19(25)17-7-3-16(4-8-17)12-24-14-20-13-22-24/h3-10,13-14H,11-12H2,1-2H3,(H,21,25). The molecule has 0 atom stereocenters. The zero-order valence-electron chi connectivity index (χ0n) is 15.6. The second-order valence-electron chi connectivity index (χ2n) is 6.40. The Hall–Kier alpha value is -3.04. The predicted octanol–water partition coefficient (Wildman–Crippen LogP) is 1.51. The van der Waals surface area contributed by atoms with E-state index in [4.69, 9.17) is 0 Å². The maximum atomic E-state index is 12.3. The van der Waals surface area contributed by atoms with Gasteiger partial charge in [0.05, 0.1) is 11.4 Å². The Balaban J connectivity index is 1.58. The maximum Gasteiger partial charge on any atom is 0.251 e. The summed E-state index contributed by atoms with van der Waals surface area (Å²) in [5, 5.41) is 6.88.